The Morgan fingerprint density at radius 1 is 1.28 bits per heavy atom. The number of aromatic nitrogens is 2. The Morgan fingerprint density at radius 2 is 2.06 bits per heavy atom. The number of hydrogen-bond acceptors (Lipinski definition) is 2. The molecule has 18 heavy (non-hydrogen) atoms. The van der Waals surface area contributed by atoms with Gasteiger partial charge in [-0.25, -0.2) is 4.98 Å². The monoisotopic (exact) mass is 248 g/mol. The predicted octanol–water partition coefficient (Wildman–Crippen LogP) is 3.12. The van der Waals surface area contributed by atoms with E-state index >= 15 is 0 Å². The highest BCUT2D eigenvalue weighted by Crippen LogP contribution is 2.44. The molecule has 2 saturated carbocycles. The van der Waals surface area contributed by atoms with Gasteiger partial charge in [0.25, 0.3) is 0 Å². The van der Waals surface area contributed by atoms with E-state index in [4.69, 9.17) is 0 Å². The maximum atomic E-state index is 9.99. The first-order valence-electron chi connectivity index (χ1n) is 7.37. The van der Waals surface area contributed by atoms with Crippen molar-refractivity contribution in [3.63, 3.8) is 0 Å². The van der Waals surface area contributed by atoms with Gasteiger partial charge in [-0.05, 0) is 43.9 Å². The lowest BCUT2D eigenvalue weighted by Crippen LogP contribution is -2.33. The summed E-state index contributed by atoms with van der Waals surface area (Å²) in [5.74, 6) is 3.31. The van der Waals surface area contributed by atoms with Crippen molar-refractivity contribution >= 4 is 0 Å². The fraction of sp³-hybridized carbons (Fsp3) is 0.800. The largest absolute Gasteiger partial charge is 0.393 e. The highest BCUT2D eigenvalue weighted by Gasteiger charge is 2.36. The molecule has 0 aromatic carbocycles. The van der Waals surface area contributed by atoms with Gasteiger partial charge in [-0.2, -0.15) is 0 Å². The predicted molar refractivity (Wildman–Crippen MR) is 71.4 cm³/mol. The van der Waals surface area contributed by atoms with E-state index in [1.54, 1.807) is 0 Å². The number of nitrogens with zero attached hydrogens (tertiary/aromatic N) is 2. The summed E-state index contributed by atoms with van der Waals surface area (Å²) >= 11 is 0. The van der Waals surface area contributed by atoms with Crippen molar-refractivity contribution in [2.75, 3.05) is 0 Å². The SMILES string of the molecule is CC(C)C1CCC(O)CC1n1ccnc1C1CC1. The molecule has 3 nitrogen and oxygen atoms in total. The molecule has 3 heteroatoms. The van der Waals surface area contributed by atoms with Gasteiger partial charge in [0.1, 0.15) is 5.82 Å². The summed E-state index contributed by atoms with van der Waals surface area (Å²) in [5, 5.41) is 9.99. The van der Waals surface area contributed by atoms with E-state index in [0.29, 0.717) is 23.8 Å². The minimum Gasteiger partial charge on any atom is -0.393 e. The molecule has 2 aliphatic rings. The summed E-state index contributed by atoms with van der Waals surface area (Å²) in [6.45, 7) is 4.62. The summed E-state index contributed by atoms with van der Waals surface area (Å²) in [5.41, 5.74) is 0. The molecule has 100 valence electrons. The van der Waals surface area contributed by atoms with Gasteiger partial charge >= 0.3 is 0 Å². The molecular formula is C15H24N2O. The molecule has 1 heterocycles. The Bertz CT molecular complexity index is 408. The average Bonchev–Trinajstić information content (AvgIpc) is 3.06. The van der Waals surface area contributed by atoms with Crippen molar-refractivity contribution in [2.24, 2.45) is 11.8 Å². The molecular weight excluding hydrogens is 224 g/mol. The highest BCUT2D eigenvalue weighted by molar-refractivity contribution is 5.10. The first-order chi connectivity index (χ1) is 8.66. The summed E-state index contributed by atoms with van der Waals surface area (Å²) in [4.78, 5) is 4.55. The van der Waals surface area contributed by atoms with E-state index in [1.807, 2.05) is 6.20 Å². The fourth-order valence-corrected chi connectivity index (χ4v) is 3.51. The van der Waals surface area contributed by atoms with Crippen molar-refractivity contribution in [1.82, 2.24) is 9.55 Å². The van der Waals surface area contributed by atoms with Crippen molar-refractivity contribution in [2.45, 2.75) is 64.0 Å². The smallest absolute Gasteiger partial charge is 0.112 e. The molecule has 0 bridgehead atoms. The maximum Gasteiger partial charge on any atom is 0.112 e. The van der Waals surface area contributed by atoms with Gasteiger partial charge in [0.05, 0.1) is 6.10 Å². The third-order valence-electron chi connectivity index (χ3n) is 4.70. The van der Waals surface area contributed by atoms with Crippen LogP contribution in [0.3, 0.4) is 0 Å². The van der Waals surface area contributed by atoms with Crippen molar-refractivity contribution in [3.8, 4) is 0 Å². The molecule has 2 fully saturated rings. The minimum atomic E-state index is -0.126. The van der Waals surface area contributed by atoms with Gasteiger partial charge in [-0.1, -0.05) is 13.8 Å². The number of hydrogen-bond donors (Lipinski definition) is 1. The number of imidazole rings is 1. The van der Waals surface area contributed by atoms with Crippen molar-refractivity contribution < 1.29 is 5.11 Å². The summed E-state index contributed by atoms with van der Waals surface area (Å²) in [7, 11) is 0. The highest BCUT2D eigenvalue weighted by atomic mass is 16.3. The molecule has 0 aliphatic heterocycles. The average molecular weight is 248 g/mol. The van der Waals surface area contributed by atoms with E-state index < -0.39 is 0 Å². The Morgan fingerprint density at radius 3 is 2.72 bits per heavy atom. The molecule has 0 amide bonds. The lowest BCUT2D eigenvalue weighted by atomic mass is 9.76. The summed E-state index contributed by atoms with van der Waals surface area (Å²) < 4.78 is 2.38. The van der Waals surface area contributed by atoms with Gasteiger partial charge in [-0.3, -0.25) is 0 Å². The number of aliphatic hydroxyl groups excluding tert-OH is 1. The normalized spacial score (nSPS) is 33.0. The zero-order chi connectivity index (χ0) is 12.7. The van der Waals surface area contributed by atoms with Crippen LogP contribution >= 0.6 is 0 Å². The lowest BCUT2D eigenvalue weighted by Gasteiger charge is -2.38. The van der Waals surface area contributed by atoms with Crippen LogP contribution in [-0.4, -0.2) is 20.8 Å². The van der Waals surface area contributed by atoms with Crippen LogP contribution in [0.2, 0.25) is 0 Å². The van der Waals surface area contributed by atoms with Gasteiger partial charge in [0.15, 0.2) is 0 Å². The van der Waals surface area contributed by atoms with Crippen LogP contribution in [0.25, 0.3) is 0 Å². The van der Waals surface area contributed by atoms with Crippen molar-refractivity contribution in [3.05, 3.63) is 18.2 Å². The molecule has 3 atom stereocenters. The molecule has 2 aliphatic carbocycles. The van der Waals surface area contributed by atoms with Crippen LogP contribution in [0.4, 0.5) is 0 Å². The van der Waals surface area contributed by atoms with E-state index in [1.165, 1.54) is 18.7 Å². The number of rotatable bonds is 3. The Balaban J connectivity index is 1.88. The Labute approximate surface area is 109 Å². The van der Waals surface area contributed by atoms with E-state index in [0.717, 1.165) is 19.3 Å². The number of aliphatic hydroxyl groups is 1. The molecule has 1 N–H and O–H groups in total. The second kappa shape index (κ2) is 4.69. The Kier molecular flexibility index (Phi) is 3.18. The summed E-state index contributed by atoms with van der Waals surface area (Å²) in [6.07, 6.45) is 9.53. The fourth-order valence-electron chi connectivity index (χ4n) is 3.51. The van der Waals surface area contributed by atoms with Crippen LogP contribution < -0.4 is 0 Å². The quantitative estimate of drug-likeness (QED) is 0.892. The Hall–Kier alpha value is -0.830. The first kappa shape index (κ1) is 12.2. The second-order valence-electron chi connectivity index (χ2n) is 6.41. The molecule has 0 radical (unpaired) electrons. The van der Waals surface area contributed by atoms with Gasteiger partial charge < -0.3 is 9.67 Å². The zero-order valence-corrected chi connectivity index (χ0v) is 11.4. The molecule has 1 aromatic heterocycles. The van der Waals surface area contributed by atoms with E-state index in [2.05, 4.69) is 29.6 Å². The van der Waals surface area contributed by atoms with Gasteiger partial charge in [0, 0.05) is 24.4 Å². The summed E-state index contributed by atoms with van der Waals surface area (Å²) in [6, 6.07) is 0.451. The maximum absolute atomic E-state index is 9.99. The topological polar surface area (TPSA) is 38.0 Å². The van der Waals surface area contributed by atoms with Gasteiger partial charge in [0.2, 0.25) is 0 Å². The van der Waals surface area contributed by atoms with Crippen LogP contribution in [0.15, 0.2) is 12.4 Å². The van der Waals surface area contributed by atoms with Crippen LogP contribution in [0, 0.1) is 11.8 Å². The van der Waals surface area contributed by atoms with E-state index in [-0.39, 0.29) is 6.10 Å². The molecule has 3 rings (SSSR count). The molecule has 0 spiro atoms. The second-order valence-corrected chi connectivity index (χ2v) is 6.41. The standard InChI is InChI=1S/C15H24N2O/c1-10(2)13-6-5-12(18)9-14(13)17-8-7-16-15(17)11-3-4-11/h7-8,10-14,18H,3-6,9H2,1-2H3. The third kappa shape index (κ3) is 2.20. The van der Waals surface area contributed by atoms with Crippen molar-refractivity contribution in [1.29, 1.82) is 0 Å². The molecule has 3 unspecified atom stereocenters. The third-order valence-corrected chi connectivity index (χ3v) is 4.70. The lowest BCUT2D eigenvalue weighted by molar-refractivity contribution is 0.0558. The van der Waals surface area contributed by atoms with E-state index in [9.17, 15) is 5.11 Å². The van der Waals surface area contributed by atoms with Crippen LogP contribution in [0.1, 0.15) is 63.7 Å². The van der Waals surface area contributed by atoms with Crippen LogP contribution in [-0.2, 0) is 0 Å². The molecule has 1 aromatic rings. The van der Waals surface area contributed by atoms with Gasteiger partial charge in [-0.15, -0.1) is 0 Å². The van der Waals surface area contributed by atoms with Crippen LogP contribution in [0.5, 0.6) is 0 Å². The zero-order valence-electron chi connectivity index (χ0n) is 11.4. The first-order valence-corrected chi connectivity index (χ1v) is 7.37. The molecule has 0 saturated heterocycles. The minimum absolute atomic E-state index is 0.126.